The Kier molecular flexibility index (Phi) is 4.99. The minimum atomic E-state index is -0.224. The van der Waals surface area contributed by atoms with Gasteiger partial charge < -0.3 is 5.32 Å². The fourth-order valence-corrected chi connectivity index (χ4v) is 4.12. The molecule has 144 valence electrons. The number of benzene rings is 2. The predicted octanol–water partition coefficient (Wildman–Crippen LogP) is 3.94. The molecule has 1 aliphatic rings. The van der Waals surface area contributed by atoms with Gasteiger partial charge in [0.2, 0.25) is 0 Å². The molecule has 1 N–H and O–H groups in total. The Morgan fingerprint density at radius 1 is 1.00 bits per heavy atom. The summed E-state index contributed by atoms with van der Waals surface area (Å²) in [5.41, 5.74) is 0.717. The molecule has 1 heterocycles. The number of aromatic nitrogens is 2. The van der Waals surface area contributed by atoms with Gasteiger partial charge in [0.1, 0.15) is 0 Å². The van der Waals surface area contributed by atoms with Crippen molar-refractivity contribution in [2.75, 3.05) is 0 Å². The Balaban J connectivity index is 1.79. The van der Waals surface area contributed by atoms with Gasteiger partial charge >= 0.3 is 0 Å². The molecule has 1 amide bonds. The summed E-state index contributed by atoms with van der Waals surface area (Å²) < 4.78 is 1.32. The number of nitrogens with one attached hydrogen (secondary N) is 1. The molecule has 0 saturated heterocycles. The number of rotatable bonds is 3. The average molecular weight is 375 g/mol. The summed E-state index contributed by atoms with van der Waals surface area (Å²) >= 11 is 0. The smallest absolute Gasteiger partial charge is 0.279 e. The number of carbonyl (C=O) groups is 1. The lowest BCUT2D eigenvalue weighted by molar-refractivity contribution is 0.0886. The van der Waals surface area contributed by atoms with Crippen LogP contribution in [0.5, 0.6) is 0 Å². The largest absolute Gasteiger partial charge is 0.348 e. The highest BCUT2D eigenvalue weighted by atomic mass is 16.2. The van der Waals surface area contributed by atoms with Gasteiger partial charge in [0.05, 0.1) is 11.1 Å². The highest BCUT2D eigenvalue weighted by molar-refractivity contribution is 6.05. The molecule has 5 heteroatoms. The number of nitrogens with zero attached hydrogens (tertiary/aromatic N) is 2. The zero-order chi connectivity index (χ0) is 19.7. The van der Waals surface area contributed by atoms with Crippen molar-refractivity contribution < 1.29 is 4.79 Å². The Labute approximate surface area is 164 Å². The Morgan fingerprint density at radius 2 is 1.68 bits per heavy atom. The third kappa shape index (κ3) is 3.33. The van der Waals surface area contributed by atoms with Gasteiger partial charge in [0, 0.05) is 11.4 Å². The molecule has 0 bridgehead atoms. The van der Waals surface area contributed by atoms with Crippen LogP contribution in [0.15, 0.2) is 59.4 Å². The van der Waals surface area contributed by atoms with E-state index >= 15 is 0 Å². The molecule has 0 aliphatic heterocycles. The normalized spacial score (nSPS) is 22.1. The van der Waals surface area contributed by atoms with Crippen molar-refractivity contribution in [1.82, 2.24) is 15.1 Å². The maximum Gasteiger partial charge on any atom is 0.279 e. The zero-order valence-electron chi connectivity index (χ0n) is 16.3. The zero-order valence-corrected chi connectivity index (χ0v) is 16.3. The van der Waals surface area contributed by atoms with Crippen LogP contribution >= 0.6 is 0 Å². The number of hydrogen-bond acceptors (Lipinski definition) is 3. The molecule has 3 aromatic rings. The second-order valence-corrected chi connectivity index (χ2v) is 7.79. The highest BCUT2D eigenvalue weighted by Crippen LogP contribution is 2.29. The summed E-state index contributed by atoms with van der Waals surface area (Å²) in [4.78, 5) is 26.1. The molecule has 3 atom stereocenters. The standard InChI is InChI=1S/C23H25N3O2/c1-15-9-8-14-20(16(15)2)24-22(27)21-18-12-6-7-13-19(18)23(28)26(25-21)17-10-4-3-5-11-17/h3-7,10-13,15-16,20H,8-9,14H2,1-2H3,(H,24,27)/t15-,16+,20+/m1/s1. The molecule has 1 fully saturated rings. The summed E-state index contributed by atoms with van der Waals surface area (Å²) in [7, 11) is 0. The van der Waals surface area contributed by atoms with Crippen LogP contribution in [-0.4, -0.2) is 21.7 Å². The van der Waals surface area contributed by atoms with Crippen LogP contribution in [-0.2, 0) is 0 Å². The van der Waals surface area contributed by atoms with E-state index in [9.17, 15) is 9.59 Å². The SMILES string of the molecule is C[C@H]1[C@H](C)CCC[C@@H]1NC(=O)c1nn(-c2ccccc2)c(=O)c2ccccc12. The highest BCUT2D eigenvalue weighted by Gasteiger charge is 2.29. The Hall–Kier alpha value is -2.95. The molecule has 28 heavy (non-hydrogen) atoms. The minimum absolute atomic E-state index is 0.133. The number of fused-ring (bicyclic) bond motifs is 1. The van der Waals surface area contributed by atoms with Gasteiger partial charge in [-0.1, -0.05) is 63.1 Å². The van der Waals surface area contributed by atoms with Crippen molar-refractivity contribution in [3.05, 3.63) is 70.6 Å². The molecule has 0 radical (unpaired) electrons. The van der Waals surface area contributed by atoms with Gasteiger partial charge in [0.25, 0.3) is 11.5 Å². The molecular formula is C23H25N3O2. The molecule has 2 aromatic carbocycles. The first-order chi connectivity index (χ1) is 13.6. The van der Waals surface area contributed by atoms with Crippen molar-refractivity contribution in [2.24, 2.45) is 11.8 Å². The lowest BCUT2D eigenvalue weighted by atomic mass is 9.78. The maximum absolute atomic E-state index is 13.2. The van der Waals surface area contributed by atoms with Crippen molar-refractivity contribution >= 4 is 16.7 Å². The summed E-state index contributed by atoms with van der Waals surface area (Å²) in [5, 5.41) is 8.75. The lowest BCUT2D eigenvalue weighted by Crippen LogP contribution is -2.44. The van der Waals surface area contributed by atoms with Gasteiger partial charge in [-0.05, 0) is 36.5 Å². The van der Waals surface area contributed by atoms with Crippen molar-refractivity contribution in [1.29, 1.82) is 0 Å². The predicted molar refractivity (Wildman–Crippen MR) is 111 cm³/mol. The van der Waals surface area contributed by atoms with Crippen molar-refractivity contribution in [3.63, 3.8) is 0 Å². The topological polar surface area (TPSA) is 64.0 Å². The molecule has 1 aromatic heterocycles. The molecule has 4 rings (SSSR count). The van der Waals surface area contributed by atoms with Crippen LogP contribution in [0.2, 0.25) is 0 Å². The second kappa shape index (κ2) is 7.58. The van der Waals surface area contributed by atoms with Crippen LogP contribution in [0.4, 0.5) is 0 Å². The van der Waals surface area contributed by atoms with Crippen LogP contribution in [0, 0.1) is 11.8 Å². The van der Waals surface area contributed by atoms with E-state index in [-0.39, 0.29) is 17.5 Å². The fraction of sp³-hybridized carbons (Fsp3) is 0.348. The first-order valence-electron chi connectivity index (χ1n) is 9.94. The first kappa shape index (κ1) is 18.4. The Morgan fingerprint density at radius 3 is 2.43 bits per heavy atom. The van der Waals surface area contributed by atoms with Crippen LogP contribution in [0.3, 0.4) is 0 Å². The van der Waals surface area contributed by atoms with Gasteiger partial charge in [-0.25, -0.2) is 0 Å². The first-order valence-corrected chi connectivity index (χ1v) is 9.94. The Bertz CT molecular complexity index is 1060. The molecule has 0 unspecified atom stereocenters. The summed E-state index contributed by atoms with van der Waals surface area (Å²) in [6.07, 6.45) is 3.30. The average Bonchev–Trinajstić information content (AvgIpc) is 2.72. The van der Waals surface area contributed by atoms with Crippen LogP contribution < -0.4 is 10.9 Å². The van der Waals surface area contributed by atoms with E-state index in [1.807, 2.05) is 42.5 Å². The number of carbonyl (C=O) groups excluding carboxylic acids is 1. The molecule has 1 saturated carbocycles. The van der Waals surface area contributed by atoms with Gasteiger partial charge in [-0.3, -0.25) is 9.59 Å². The quantitative estimate of drug-likeness (QED) is 0.754. The monoisotopic (exact) mass is 375 g/mol. The van der Waals surface area contributed by atoms with E-state index in [0.717, 1.165) is 12.8 Å². The van der Waals surface area contributed by atoms with E-state index < -0.39 is 0 Å². The van der Waals surface area contributed by atoms with Crippen molar-refractivity contribution in [2.45, 2.75) is 39.2 Å². The van der Waals surface area contributed by atoms with Gasteiger partial charge in [0.15, 0.2) is 5.69 Å². The van der Waals surface area contributed by atoms with Gasteiger partial charge in [-0.15, -0.1) is 0 Å². The lowest BCUT2D eigenvalue weighted by Gasteiger charge is -2.34. The number of amides is 1. The van der Waals surface area contributed by atoms with Crippen LogP contribution in [0.1, 0.15) is 43.6 Å². The molecular weight excluding hydrogens is 350 g/mol. The van der Waals surface area contributed by atoms with E-state index in [2.05, 4.69) is 24.3 Å². The second-order valence-electron chi connectivity index (χ2n) is 7.79. The molecule has 5 nitrogen and oxygen atoms in total. The number of para-hydroxylation sites is 1. The third-order valence-electron chi connectivity index (χ3n) is 6.04. The van der Waals surface area contributed by atoms with E-state index in [4.69, 9.17) is 0 Å². The minimum Gasteiger partial charge on any atom is -0.348 e. The van der Waals surface area contributed by atoms with E-state index in [1.165, 1.54) is 11.1 Å². The van der Waals surface area contributed by atoms with Gasteiger partial charge in [-0.2, -0.15) is 9.78 Å². The summed E-state index contributed by atoms with van der Waals surface area (Å²) in [6.45, 7) is 4.44. The maximum atomic E-state index is 13.2. The molecule has 0 spiro atoms. The molecule has 1 aliphatic carbocycles. The van der Waals surface area contributed by atoms with Crippen molar-refractivity contribution in [3.8, 4) is 5.69 Å². The number of hydrogen-bond donors (Lipinski definition) is 1. The fourth-order valence-electron chi connectivity index (χ4n) is 4.12. The summed E-state index contributed by atoms with van der Waals surface area (Å²) in [5.74, 6) is 0.790. The third-order valence-corrected chi connectivity index (χ3v) is 6.04. The van der Waals surface area contributed by atoms with E-state index in [1.54, 1.807) is 12.1 Å². The summed E-state index contributed by atoms with van der Waals surface area (Å²) in [6, 6.07) is 16.5. The van der Waals surface area contributed by atoms with Crippen LogP contribution in [0.25, 0.3) is 16.5 Å². The van der Waals surface area contributed by atoms with E-state index in [0.29, 0.717) is 34.0 Å².